The van der Waals surface area contributed by atoms with E-state index < -0.39 is 5.97 Å². The minimum atomic E-state index is -0.539. The Bertz CT molecular complexity index is 396. The Labute approximate surface area is 99.1 Å². The Hall–Kier alpha value is -1.56. The molecule has 1 fully saturated rings. The first kappa shape index (κ1) is 11.9. The van der Waals surface area contributed by atoms with Gasteiger partial charge in [-0.3, -0.25) is 0 Å². The summed E-state index contributed by atoms with van der Waals surface area (Å²) in [6, 6.07) is 0.0897. The van der Waals surface area contributed by atoms with Crippen LogP contribution in [0, 0.1) is 0 Å². The highest BCUT2D eigenvalue weighted by molar-refractivity contribution is 5.91. The lowest BCUT2D eigenvalue weighted by atomic mass is 10.1. The van der Waals surface area contributed by atoms with Gasteiger partial charge in [0.1, 0.15) is 5.56 Å². The molecule has 1 aliphatic rings. The number of hydrogen-bond donors (Lipinski definition) is 1. The zero-order chi connectivity index (χ0) is 12.3. The van der Waals surface area contributed by atoms with E-state index in [0.29, 0.717) is 13.2 Å². The fourth-order valence-corrected chi connectivity index (χ4v) is 1.91. The van der Waals surface area contributed by atoms with Gasteiger partial charge in [0.05, 0.1) is 18.8 Å². The van der Waals surface area contributed by atoms with Crippen molar-refractivity contribution < 1.29 is 19.4 Å². The molecule has 0 atom stereocenters. The zero-order valence-corrected chi connectivity index (χ0v) is 9.76. The summed E-state index contributed by atoms with van der Waals surface area (Å²) in [5.74, 6) is -0.654. The van der Waals surface area contributed by atoms with Gasteiger partial charge < -0.3 is 14.6 Å². The highest BCUT2D eigenvalue weighted by Crippen LogP contribution is 2.27. The van der Waals surface area contributed by atoms with Gasteiger partial charge >= 0.3 is 5.97 Å². The first-order valence-corrected chi connectivity index (χ1v) is 5.75. The molecule has 0 aliphatic carbocycles. The summed E-state index contributed by atoms with van der Waals surface area (Å²) in [4.78, 5) is 11.5. The van der Waals surface area contributed by atoms with Gasteiger partial charge in [-0.05, 0) is 19.8 Å². The third-order valence-corrected chi connectivity index (χ3v) is 2.80. The largest absolute Gasteiger partial charge is 0.493 e. The Balaban J connectivity index is 2.16. The molecule has 1 aliphatic heterocycles. The first-order valence-electron chi connectivity index (χ1n) is 5.75. The van der Waals surface area contributed by atoms with Crippen LogP contribution in [-0.2, 0) is 9.47 Å². The summed E-state index contributed by atoms with van der Waals surface area (Å²) >= 11 is 0. The molecule has 2 heterocycles. The first-order chi connectivity index (χ1) is 8.24. The quantitative estimate of drug-likeness (QED) is 0.801. The minimum absolute atomic E-state index is 0.0897. The third kappa shape index (κ3) is 2.41. The molecule has 0 bridgehead atoms. The maximum Gasteiger partial charge on any atom is 0.345 e. The predicted molar refractivity (Wildman–Crippen MR) is 58.9 cm³/mol. The van der Waals surface area contributed by atoms with E-state index in [-0.39, 0.29) is 24.1 Å². The van der Waals surface area contributed by atoms with Gasteiger partial charge in [-0.1, -0.05) is 0 Å². The van der Waals surface area contributed by atoms with E-state index in [1.54, 1.807) is 6.92 Å². The Morgan fingerprint density at radius 2 is 2.35 bits per heavy atom. The number of aromatic hydroxyl groups is 1. The Morgan fingerprint density at radius 1 is 1.65 bits per heavy atom. The minimum Gasteiger partial charge on any atom is -0.493 e. The highest BCUT2D eigenvalue weighted by Gasteiger charge is 2.24. The van der Waals surface area contributed by atoms with Gasteiger partial charge in [-0.2, -0.15) is 5.10 Å². The number of rotatable bonds is 3. The molecule has 1 saturated heterocycles. The van der Waals surface area contributed by atoms with Gasteiger partial charge in [0, 0.05) is 13.2 Å². The topological polar surface area (TPSA) is 73.6 Å². The summed E-state index contributed by atoms with van der Waals surface area (Å²) in [6.45, 7) is 3.30. The van der Waals surface area contributed by atoms with Crippen molar-refractivity contribution in [2.45, 2.75) is 25.8 Å². The molecule has 0 spiro atoms. The van der Waals surface area contributed by atoms with E-state index in [4.69, 9.17) is 9.47 Å². The summed E-state index contributed by atoms with van der Waals surface area (Å²) in [6.07, 6.45) is 2.93. The molecule has 0 unspecified atom stereocenters. The third-order valence-electron chi connectivity index (χ3n) is 2.80. The monoisotopic (exact) mass is 240 g/mol. The molecule has 2 rings (SSSR count). The van der Waals surface area contributed by atoms with Gasteiger partial charge in [-0.25, -0.2) is 9.48 Å². The van der Waals surface area contributed by atoms with E-state index in [1.807, 2.05) is 0 Å². The van der Waals surface area contributed by atoms with E-state index in [1.165, 1.54) is 10.9 Å². The Morgan fingerprint density at radius 3 is 3.00 bits per heavy atom. The van der Waals surface area contributed by atoms with Crippen LogP contribution in [0.25, 0.3) is 0 Å². The molecule has 6 heteroatoms. The summed E-state index contributed by atoms with van der Waals surface area (Å²) in [5, 5.41) is 14.0. The molecule has 94 valence electrons. The van der Waals surface area contributed by atoms with Gasteiger partial charge in [0.2, 0.25) is 5.88 Å². The van der Waals surface area contributed by atoms with E-state index in [0.717, 1.165) is 12.8 Å². The molecule has 17 heavy (non-hydrogen) atoms. The van der Waals surface area contributed by atoms with Gasteiger partial charge in [-0.15, -0.1) is 0 Å². The Kier molecular flexibility index (Phi) is 3.63. The number of nitrogens with zero attached hydrogens (tertiary/aromatic N) is 2. The SMILES string of the molecule is CCOC(=O)c1cnn(C2CCOCC2)c1O. The van der Waals surface area contributed by atoms with Crippen LogP contribution in [0.5, 0.6) is 5.88 Å². The molecule has 0 amide bonds. The van der Waals surface area contributed by atoms with Gasteiger partial charge in [0.15, 0.2) is 0 Å². The molecule has 0 aromatic carbocycles. The van der Waals surface area contributed by atoms with Crippen molar-refractivity contribution in [1.82, 2.24) is 9.78 Å². The number of carbonyl (C=O) groups excluding carboxylic acids is 1. The van der Waals surface area contributed by atoms with Crippen molar-refractivity contribution >= 4 is 5.97 Å². The highest BCUT2D eigenvalue weighted by atomic mass is 16.5. The fraction of sp³-hybridized carbons (Fsp3) is 0.636. The summed E-state index contributed by atoms with van der Waals surface area (Å²) in [7, 11) is 0. The average Bonchev–Trinajstić information content (AvgIpc) is 2.72. The predicted octanol–water partition coefficient (Wildman–Crippen LogP) is 1.12. The lowest BCUT2D eigenvalue weighted by Gasteiger charge is -2.22. The van der Waals surface area contributed by atoms with Crippen molar-refractivity contribution in [3.63, 3.8) is 0 Å². The van der Waals surface area contributed by atoms with Crippen LogP contribution in [0.1, 0.15) is 36.2 Å². The lowest BCUT2D eigenvalue weighted by molar-refractivity contribution is 0.0519. The smallest absolute Gasteiger partial charge is 0.345 e. The van der Waals surface area contributed by atoms with E-state index in [2.05, 4.69) is 5.10 Å². The van der Waals surface area contributed by atoms with Crippen molar-refractivity contribution in [2.24, 2.45) is 0 Å². The molecular formula is C11H16N2O4. The van der Waals surface area contributed by atoms with Crippen LogP contribution >= 0.6 is 0 Å². The average molecular weight is 240 g/mol. The second kappa shape index (κ2) is 5.18. The van der Waals surface area contributed by atoms with Crippen molar-refractivity contribution in [3.8, 4) is 5.88 Å². The number of ether oxygens (including phenoxy) is 2. The molecule has 1 aromatic heterocycles. The van der Waals surface area contributed by atoms with Crippen LogP contribution in [0.15, 0.2) is 6.20 Å². The fourth-order valence-electron chi connectivity index (χ4n) is 1.91. The molecule has 1 aromatic rings. The molecule has 0 saturated carbocycles. The van der Waals surface area contributed by atoms with Crippen molar-refractivity contribution in [1.29, 1.82) is 0 Å². The number of hydrogen-bond acceptors (Lipinski definition) is 5. The number of esters is 1. The standard InChI is InChI=1S/C11H16N2O4/c1-2-17-11(15)9-7-12-13(10(9)14)8-3-5-16-6-4-8/h7-8,14H,2-6H2,1H3. The normalized spacial score (nSPS) is 17.0. The number of aromatic nitrogens is 2. The van der Waals surface area contributed by atoms with Gasteiger partial charge in [0.25, 0.3) is 0 Å². The second-order valence-corrected chi connectivity index (χ2v) is 3.89. The summed E-state index contributed by atoms with van der Waals surface area (Å²) in [5.41, 5.74) is 0.123. The molecule has 0 radical (unpaired) electrons. The zero-order valence-electron chi connectivity index (χ0n) is 9.76. The maximum absolute atomic E-state index is 11.5. The summed E-state index contributed by atoms with van der Waals surface area (Å²) < 4.78 is 11.6. The van der Waals surface area contributed by atoms with Crippen LogP contribution in [-0.4, -0.2) is 40.7 Å². The second-order valence-electron chi connectivity index (χ2n) is 3.89. The van der Waals surface area contributed by atoms with Crippen LogP contribution in [0.4, 0.5) is 0 Å². The van der Waals surface area contributed by atoms with Crippen molar-refractivity contribution in [2.75, 3.05) is 19.8 Å². The van der Waals surface area contributed by atoms with E-state index in [9.17, 15) is 9.90 Å². The van der Waals surface area contributed by atoms with Crippen LogP contribution in [0.3, 0.4) is 0 Å². The number of carbonyl (C=O) groups is 1. The maximum atomic E-state index is 11.5. The van der Waals surface area contributed by atoms with E-state index >= 15 is 0 Å². The molecular weight excluding hydrogens is 224 g/mol. The lowest BCUT2D eigenvalue weighted by Crippen LogP contribution is -2.20. The molecule has 1 N–H and O–H groups in total. The van der Waals surface area contributed by atoms with Crippen LogP contribution in [0.2, 0.25) is 0 Å². The molecule has 6 nitrogen and oxygen atoms in total. The van der Waals surface area contributed by atoms with Crippen molar-refractivity contribution in [3.05, 3.63) is 11.8 Å². The van der Waals surface area contributed by atoms with Crippen LogP contribution < -0.4 is 0 Å².